The van der Waals surface area contributed by atoms with Crippen molar-refractivity contribution in [3.05, 3.63) is 50.9 Å². The molecule has 0 amide bonds. The van der Waals surface area contributed by atoms with Gasteiger partial charge in [0.25, 0.3) is 0 Å². The van der Waals surface area contributed by atoms with Crippen LogP contribution in [-0.4, -0.2) is 14.2 Å². The van der Waals surface area contributed by atoms with Crippen LogP contribution in [0.15, 0.2) is 45.3 Å². The molecule has 0 radical (unpaired) electrons. The summed E-state index contributed by atoms with van der Waals surface area (Å²) in [6, 6.07) is 12.2. The molecule has 0 saturated heterocycles. The van der Waals surface area contributed by atoms with Gasteiger partial charge in [0.15, 0.2) is 0 Å². The molecule has 2 aromatic carbocycles. The molecule has 0 spiro atoms. The molecule has 1 N–H and O–H groups in total. The van der Waals surface area contributed by atoms with Crippen LogP contribution in [0.2, 0.25) is 0 Å². The lowest BCUT2D eigenvalue weighted by atomic mass is 10.1. The number of nitrogens with one attached hydrogen (secondary N) is 1. The maximum atomic E-state index is 5.31. The molecule has 2 aromatic rings. The van der Waals surface area contributed by atoms with Crippen LogP contribution in [0.4, 0.5) is 5.69 Å². The number of benzene rings is 2. The number of hydrogen-bond acceptors (Lipinski definition) is 3. The van der Waals surface area contributed by atoms with Crippen molar-refractivity contribution in [3.63, 3.8) is 0 Å². The Labute approximate surface area is 141 Å². The third kappa shape index (κ3) is 3.92. The molecule has 5 heteroatoms. The normalized spacial score (nSPS) is 11.9. The molecule has 0 heterocycles. The number of anilines is 1. The first-order valence-electron chi connectivity index (χ1n) is 6.48. The largest absolute Gasteiger partial charge is 0.496 e. The second kappa shape index (κ2) is 7.18. The highest BCUT2D eigenvalue weighted by atomic mass is 79.9. The zero-order valence-corrected chi connectivity index (χ0v) is 15.3. The quantitative estimate of drug-likeness (QED) is 0.710. The van der Waals surface area contributed by atoms with E-state index in [1.165, 1.54) is 5.56 Å². The van der Waals surface area contributed by atoms with Crippen molar-refractivity contribution in [3.8, 4) is 11.5 Å². The highest BCUT2D eigenvalue weighted by Crippen LogP contribution is 2.32. The highest BCUT2D eigenvalue weighted by molar-refractivity contribution is 9.10. The van der Waals surface area contributed by atoms with Gasteiger partial charge in [-0.25, -0.2) is 0 Å². The van der Waals surface area contributed by atoms with E-state index < -0.39 is 0 Å². The van der Waals surface area contributed by atoms with Gasteiger partial charge < -0.3 is 14.8 Å². The van der Waals surface area contributed by atoms with Crippen LogP contribution in [0.5, 0.6) is 11.5 Å². The van der Waals surface area contributed by atoms with Crippen molar-refractivity contribution in [1.29, 1.82) is 0 Å². The van der Waals surface area contributed by atoms with E-state index in [1.807, 2.05) is 24.3 Å². The van der Waals surface area contributed by atoms with Gasteiger partial charge in [-0.3, -0.25) is 0 Å². The fourth-order valence-electron chi connectivity index (χ4n) is 2.03. The predicted molar refractivity (Wildman–Crippen MR) is 93.4 cm³/mol. The van der Waals surface area contributed by atoms with Gasteiger partial charge in [-0.1, -0.05) is 6.07 Å². The molecule has 0 aromatic heterocycles. The van der Waals surface area contributed by atoms with Crippen LogP contribution >= 0.6 is 31.9 Å². The first kappa shape index (κ1) is 16.2. The first-order chi connectivity index (χ1) is 10.0. The van der Waals surface area contributed by atoms with Gasteiger partial charge in [0.1, 0.15) is 11.5 Å². The molecule has 1 unspecified atom stereocenters. The Kier molecular flexibility index (Phi) is 5.53. The molecule has 0 fully saturated rings. The lowest BCUT2D eigenvalue weighted by molar-refractivity contribution is 0.412. The van der Waals surface area contributed by atoms with E-state index in [0.29, 0.717) is 0 Å². The van der Waals surface area contributed by atoms with Crippen LogP contribution in [0.1, 0.15) is 18.5 Å². The van der Waals surface area contributed by atoms with Gasteiger partial charge in [-0.05, 0) is 68.6 Å². The Balaban J connectivity index is 2.17. The van der Waals surface area contributed by atoms with Gasteiger partial charge in [0.05, 0.1) is 23.2 Å². The van der Waals surface area contributed by atoms with Crippen molar-refractivity contribution in [1.82, 2.24) is 0 Å². The van der Waals surface area contributed by atoms with Crippen molar-refractivity contribution in [2.75, 3.05) is 19.5 Å². The van der Waals surface area contributed by atoms with Gasteiger partial charge in [0, 0.05) is 17.8 Å². The SMILES string of the molecule is COc1ccc(C(C)Nc2ccc(Br)c(OC)c2)cc1Br. The van der Waals surface area contributed by atoms with Gasteiger partial charge in [-0.2, -0.15) is 0 Å². The third-order valence-electron chi connectivity index (χ3n) is 3.21. The molecule has 2 rings (SSSR count). The lowest BCUT2D eigenvalue weighted by Crippen LogP contribution is -2.07. The van der Waals surface area contributed by atoms with Crippen LogP contribution in [0, 0.1) is 0 Å². The molecule has 0 aliphatic heterocycles. The fraction of sp³-hybridized carbons (Fsp3) is 0.250. The molecule has 0 saturated carbocycles. The molecule has 21 heavy (non-hydrogen) atoms. The fourth-order valence-corrected chi connectivity index (χ4v) is 3.00. The summed E-state index contributed by atoms with van der Waals surface area (Å²) in [6.45, 7) is 2.11. The summed E-state index contributed by atoms with van der Waals surface area (Å²) in [6.07, 6.45) is 0. The van der Waals surface area contributed by atoms with E-state index >= 15 is 0 Å². The Morgan fingerprint density at radius 3 is 2.24 bits per heavy atom. The predicted octanol–water partition coefficient (Wildman–Crippen LogP) is 5.40. The summed E-state index contributed by atoms with van der Waals surface area (Å²) in [5.74, 6) is 1.64. The molecular formula is C16H17Br2NO2. The van der Waals surface area contributed by atoms with Crippen molar-refractivity contribution >= 4 is 37.5 Å². The summed E-state index contributed by atoms with van der Waals surface area (Å²) < 4.78 is 12.5. The zero-order valence-electron chi connectivity index (χ0n) is 12.1. The van der Waals surface area contributed by atoms with Crippen LogP contribution < -0.4 is 14.8 Å². The highest BCUT2D eigenvalue weighted by Gasteiger charge is 2.09. The standard InChI is InChI=1S/C16H17Br2NO2/c1-10(11-4-7-15(20-2)14(18)8-11)19-12-5-6-13(17)16(9-12)21-3/h4-10,19H,1-3H3. The first-order valence-corrected chi connectivity index (χ1v) is 8.07. The average Bonchev–Trinajstić information content (AvgIpc) is 2.49. The molecule has 1 atom stereocenters. The topological polar surface area (TPSA) is 30.5 Å². The number of rotatable bonds is 5. The lowest BCUT2D eigenvalue weighted by Gasteiger charge is -2.17. The summed E-state index contributed by atoms with van der Waals surface area (Å²) in [5, 5.41) is 3.46. The average molecular weight is 415 g/mol. The van der Waals surface area contributed by atoms with Crippen molar-refractivity contribution in [2.45, 2.75) is 13.0 Å². The Morgan fingerprint density at radius 1 is 0.905 bits per heavy atom. The van der Waals surface area contributed by atoms with E-state index in [0.717, 1.165) is 26.1 Å². The van der Waals surface area contributed by atoms with Crippen LogP contribution in [0.25, 0.3) is 0 Å². The maximum Gasteiger partial charge on any atom is 0.135 e. The maximum absolute atomic E-state index is 5.31. The summed E-state index contributed by atoms with van der Waals surface area (Å²) >= 11 is 6.97. The number of methoxy groups -OCH3 is 2. The number of halogens is 2. The second-order valence-electron chi connectivity index (χ2n) is 4.61. The van der Waals surface area contributed by atoms with Gasteiger partial charge in [0.2, 0.25) is 0 Å². The number of hydrogen-bond donors (Lipinski definition) is 1. The van der Waals surface area contributed by atoms with E-state index in [2.05, 4.69) is 56.2 Å². The summed E-state index contributed by atoms with van der Waals surface area (Å²) in [4.78, 5) is 0. The van der Waals surface area contributed by atoms with E-state index in [-0.39, 0.29) is 6.04 Å². The third-order valence-corrected chi connectivity index (χ3v) is 4.48. The van der Waals surface area contributed by atoms with E-state index in [9.17, 15) is 0 Å². The second-order valence-corrected chi connectivity index (χ2v) is 6.32. The minimum absolute atomic E-state index is 0.165. The molecule has 0 aliphatic rings. The molecule has 3 nitrogen and oxygen atoms in total. The van der Waals surface area contributed by atoms with Gasteiger partial charge >= 0.3 is 0 Å². The van der Waals surface area contributed by atoms with Crippen LogP contribution in [0.3, 0.4) is 0 Å². The van der Waals surface area contributed by atoms with Gasteiger partial charge in [-0.15, -0.1) is 0 Å². The Bertz CT molecular complexity index is 632. The minimum atomic E-state index is 0.165. The molecular weight excluding hydrogens is 398 g/mol. The summed E-state index contributed by atoms with van der Waals surface area (Å²) in [7, 11) is 3.32. The number of ether oxygens (including phenoxy) is 2. The van der Waals surface area contributed by atoms with Crippen LogP contribution in [-0.2, 0) is 0 Å². The van der Waals surface area contributed by atoms with E-state index in [1.54, 1.807) is 14.2 Å². The van der Waals surface area contributed by atoms with Crippen molar-refractivity contribution < 1.29 is 9.47 Å². The van der Waals surface area contributed by atoms with Crippen molar-refractivity contribution in [2.24, 2.45) is 0 Å². The van der Waals surface area contributed by atoms with E-state index in [4.69, 9.17) is 9.47 Å². The smallest absolute Gasteiger partial charge is 0.135 e. The monoisotopic (exact) mass is 413 g/mol. The zero-order chi connectivity index (χ0) is 15.4. The molecule has 0 bridgehead atoms. The molecule has 0 aliphatic carbocycles. The minimum Gasteiger partial charge on any atom is -0.496 e. The molecule has 112 valence electrons. The Hall–Kier alpha value is -1.20. The summed E-state index contributed by atoms with van der Waals surface area (Å²) in [5.41, 5.74) is 2.18. The Morgan fingerprint density at radius 2 is 1.62 bits per heavy atom.